The van der Waals surface area contributed by atoms with Gasteiger partial charge in [-0.1, -0.05) is 0 Å². The molecule has 3 fully saturated rings. The van der Waals surface area contributed by atoms with Crippen LogP contribution in [0.1, 0.15) is 32.6 Å². The summed E-state index contributed by atoms with van der Waals surface area (Å²) in [7, 11) is -6.64. The average molecular weight is 450 g/mol. The van der Waals surface area contributed by atoms with E-state index < -0.39 is 30.7 Å². The molecule has 29 heavy (non-hydrogen) atoms. The molecular formula is C18H31N3O6S2. The number of nitrogens with zero attached hydrogens (tertiary/aromatic N) is 3. The molecule has 3 heterocycles. The van der Waals surface area contributed by atoms with Crippen LogP contribution in [0.4, 0.5) is 0 Å². The van der Waals surface area contributed by atoms with Crippen molar-refractivity contribution in [3.63, 3.8) is 0 Å². The van der Waals surface area contributed by atoms with E-state index in [0.717, 1.165) is 6.26 Å². The molecule has 3 aliphatic rings. The lowest BCUT2D eigenvalue weighted by Gasteiger charge is -2.47. The van der Waals surface area contributed by atoms with Gasteiger partial charge in [-0.25, -0.2) is 21.1 Å². The molecule has 3 rings (SSSR count). The Morgan fingerprint density at radius 2 is 1.62 bits per heavy atom. The summed E-state index contributed by atoms with van der Waals surface area (Å²) in [5.74, 6) is -0.350. The standard InChI is InChI=1S/C18H31N3O6S2/c1-4-19-11-8-18(16(19)23)14-21(29(3,26)27)13-17(18)6-9-20(10-7-17)15(22)5-12-28(2,24)25/h4-14H2,1-3H3. The number of carbonyl (C=O) groups is 2. The molecule has 0 radical (unpaired) electrons. The molecule has 2 amide bonds. The van der Waals surface area contributed by atoms with Crippen LogP contribution in [0.25, 0.3) is 0 Å². The Labute approximate surface area is 173 Å². The second-order valence-electron chi connectivity index (χ2n) is 8.79. The molecule has 2 spiro atoms. The number of sulfonamides is 1. The number of hydrogen-bond donors (Lipinski definition) is 0. The summed E-state index contributed by atoms with van der Waals surface area (Å²) >= 11 is 0. The Morgan fingerprint density at radius 3 is 2.10 bits per heavy atom. The normalized spacial score (nSPS) is 28.0. The Kier molecular flexibility index (Phi) is 5.81. The summed E-state index contributed by atoms with van der Waals surface area (Å²) < 4.78 is 48.7. The third kappa shape index (κ3) is 4.05. The Balaban J connectivity index is 1.80. The Hall–Kier alpha value is -1.20. The molecule has 0 aliphatic carbocycles. The van der Waals surface area contributed by atoms with Crippen LogP contribution < -0.4 is 0 Å². The second-order valence-corrected chi connectivity index (χ2v) is 13.0. The number of hydrogen-bond acceptors (Lipinski definition) is 6. The van der Waals surface area contributed by atoms with Crippen LogP contribution >= 0.6 is 0 Å². The van der Waals surface area contributed by atoms with E-state index in [2.05, 4.69) is 0 Å². The lowest BCUT2D eigenvalue weighted by molar-refractivity contribution is -0.144. The summed E-state index contributed by atoms with van der Waals surface area (Å²) in [6, 6.07) is 0. The maximum absolute atomic E-state index is 13.3. The van der Waals surface area contributed by atoms with Crippen LogP contribution in [-0.4, -0.2) is 100 Å². The SMILES string of the molecule is CCN1CCC2(CN(S(C)(=O)=O)CC23CCN(C(=O)CCS(C)(=O)=O)CC3)C1=O. The van der Waals surface area contributed by atoms with E-state index in [0.29, 0.717) is 52.0 Å². The number of fused-ring (bicyclic) bond motifs is 1. The zero-order valence-electron chi connectivity index (χ0n) is 17.4. The van der Waals surface area contributed by atoms with Crippen molar-refractivity contribution in [3.8, 4) is 0 Å². The van der Waals surface area contributed by atoms with Gasteiger partial charge in [0.05, 0.1) is 17.4 Å². The number of likely N-dealkylation sites (tertiary alicyclic amines) is 2. The predicted molar refractivity (Wildman–Crippen MR) is 108 cm³/mol. The first-order valence-corrected chi connectivity index (χ1v) is 13.9. The van der Waals surface area contributed by atoms with Crippen LogP contribution in [0.15, 0.2) is 0 Å². The molecule has 3 aliphatic heterocycles. The lowest BCUT2D eigenvalue weighted by Crippen LogP contribution is -2.53. The average Bonchev–Trinajstić information content (AvgIpc) is 3.12. The van der Waals surface area contributed by atoms with Crippen molar-refractivity contribution in [1.82, 2.24) is 14.1 Å². The molecule has 0 aromatic rings. The summed E-state index contributed by atoms with van der Waals surface area (Å²) in [4.78, 5) is 29.2. The van der Waals surface area contributed by atoms with Gasteiger partial charge in [0, 0.05) is 57.4 Å². The van der Waals surface area contributed by atoms with Gasteiger partial charge in [0.1, 0.15) is 9.84 Å². The van der Waals surface area contributed by atoms with Crippen LogP contribution in [0.5, 0.6) is 0 Å². The van der Waals surface area contributed by atoms with Crippen molar-refractivity contribution >= 4 is 31.7 Å². The first kappa shape index (κ1) is 22.5. The van der Waals surface area contributed by atoms with Gasteiger partial charge in [-0.15, -0.1) is 0 Å². The highest BCUT2D eigenvalue weighted by Crippen LogP contribution is 2.58. The molecular weight excluding hydrogens is 418 g/mol. The number of rotatable bonds is 5. The molecule has 0 aromatic heterocycles. The van der Waals surface area contributed by atoms with E-state index in [1.807, 2.05) is 6.92 Å². The van der Waals surface area contributed by atoms with Crippen LogP contribution in [0, 0.1) is 10.8 Å². The molecule has 0 N–H and O–H groups in total. The summed E-state index contributed by atoms with van der Waals surface area (Å²) in [5.41, 5.74) is -1.21. The fourth-order valence-electron chi connectivity index (χ4n) is 5.28. The monoisotopic (exact) mass is 449 g/mol. The summed E-state index contributed by atoms with van der Waals surface area (Å²) in [5, 5.41) is 0. The molecule has 1 unspecified atom stereocenters. The van der Waals surface area contributed by atoms with Gasteiger partial charge in [0.25, 0.3) is 0 Å². The van der Waals surface area contributed by atoms with Crippen molar-refractivity contribution in [1.29, 1.82) is 0 Å². The van der Waals surface area contributed by atoms with Gasteiger partial charge >= 0.3 is 0 Å². The van der Waals surface area contributed by atoms with Gasteiger partial charge in [-0.05, 0) is 26.2 Å². The van der Waals surface area contributed by atoms with Gasteiger partial charge in [0.2, 0.25) is 21.8 Å². The Bertz CT molecular complexity index is 893. The third-order valence-electron chi connectivity index (χ3n) is 7.06. The van der Waals surface area contributed by atoms with Crippen LogP contribution in [0.2, 0.25) is 0 Å². The maximum atomic E-state index is 13.3. The maximum Gasteiger partial charge on any atom is 0.230 e. The molecule has 0 bridgehead atoms. The highest BCUT2D eigenvalue weighted by atomic mass is 32.2. The van der Waals surface area contributed by atoms with Gasteiger partial charge in [-0.2, -0.15) is 0 Å². The number of piperidine rings is 1. The minimum atomic E-state index is -3.43. The molecule has 1 atom stereocenters. The number of sulfone groups is 1. The number of amides is 2. The topological polar surface area (TPSA) is 112 Å². The van der Waals surface area contributed by atoms with Crippen LogP contribution in [-0.2, 0) is 29.4 Å². The number of carbonyl (C=O) groups excluding carboxylic acids is 2. The van der Waals surface area contributed by atoms with Crippen molar-refractivity contribution < 1.29 is 26.4 Å². The summed E-state index contributed by atoms with van der Waals surface area (Å²) in [6.45, 7) is 4.51. The van der Waals surface area contributed by atoms with Gasteiger partial charge in [-0.3, -0.25) is 9.59 Å². The minimum Gasteiger partial charge on any atom is -0.343 e. The second kappa shape index (κ2) is 7.49. The van der Waals surface area contributed by atoms with E-state index in [-0.39, 0.29) is 30.5 Å². The van der Waals surface area contributed by atoms with Gasteiger partial charge < -0.3 is 9.80 Å². The van der Waals surface area contributed by atoms with Crippen molar-refractivity contribution in [2.75, 3.05) is 57.5 Å². The highest BCUT2D eigenvalue weighted by molar-refractivity contribution is 7.90. The first-order chi connectivity index (χ1) is 13.3. The quantitative estimate of drug-likeness (QED) is 0.562. The highest BCUT2D eigenvalue weighted by Gasteiger charge is 2.66. The van der Waals surface area contributed by atoms with Gasteiger partial charge in [0.15, 0.2) is 0 Å². The largest absolute Gasteiger partial charge is 0.343 e. The Morgan fingerprint density at radius 1 is 1.00 bits per heavy atom. The summed E-state index contributed by atoms with van der Waals surface area (Å²) in [6.07, 6.45) is 3.97. The van der Waals surface area contributed by atoms with E-state index in [1.165, 1.54) is 10.6 Å². The molecule has 9 nitrogen and oxygen atoms in total. The fourth-order valence-corrected chi connectivity index (χ4v) is 6.76. The third-order valence-corrected chi connectivity index (χ3v) is 9.20. The molecule has 0 saturated carbocycles. The molecule has 166 valence electrons. The zero-order chi connectivity index (χ0) is 21.7. The lowest BCUT2D eigenvalue weighted by atomic mass is 9.60. The van der Waals surface area contributed by atoms with Crippen LogP contribution in [0.3, 0.4) is 0 Å². The molecule has 3 saturated heterocycles. The first-order valence-electron chi connectivity index (χ1n) is 10.0. The minimum absolute atomic E-state index is 0.0306. The van der Waals surface area contributed by atoms with E-state index >= 15 is 0 Å². The molecule has 11 heteroatoms. The zero-order valence-corrected chi connectivity index (χ0v) is 19.0. The van der Waals surface area contributed by atoms with Crippen molar-refractivity contribution in [3.05, 3.63) is 0 Å². The molecule has 0 aromatic carbocycles. The van der Waals surface area contributed by atoms with Crippen molar-refractivity contribution in [2.24, 2.45) is 10.8 Å². The van der Waals surface area contributed by atoms with Crippen molar-refractivity contribution in [2.45, 2.75) is 32.6 Å². The smallest absolute Gasteiger partial charge is 0.230 e. The predicted octanol–water partition coefficient (Wildman–Crippen LogP) is -0.456. The van der Waals surface area contributed by atoms with E-state index in [4.69, 9.17) is 0 Å². The van der Waals surface area contributed by atoms with E-state index in [9.17, 15) is 26.4 Å². The fraction of sp³-hybridized carbons (Fsp3) is 0.889. The van der Waals surface area contributed by atoms with E-state index in [1.54, 1.807) is 9.80 Å².